The van der Waals surface area contributed by atoms with E-state index in [1.807, 2.05) is 12.1 Å². The third-order valence-electron chi connectivity index (χ3n) is 3.91. The molecule has 2 aromatic carbocycles. The van der Waals surface area contributed by atoms with Crippen molar-refractivity contribution in [1.82, 2.24) is 4.90 Å². The molecule has 0 saturated carbocycles. The summed E-state index contributed by atoms with van der Waals surface area (Å²) < 4.78 is 18.9. The molecule has 0 aliphatic carbocycles. The number of hydrogen-bond donors (Lipinski definition) is 0. The van der Waals surface area contributed by atoms with E-state index in [-0.39, 0.29) is 18.3 Å². The van der Waals surface area contributed by atoms with Gasteiger partial charge in [-0.1, -0.05) is 36.4 Å². The summed E-state index contributed by atoms with van der Waals surface area (Å²) in [4.78, 5) is 25.9. The fourth-order valence-electron chi connectivity index (χ4n) is 2.68. The van der Waals surface area contributed by atoms with Crippen LogP contribution in [0.4, 0.5) is 4.39 Å². The van der Waals surface area contributed by atoms with E-state index in [2.05, 4.69) is 0 Å². The molecule has 4 nitrogen and oxygen atoms in total. The number of carbonyl (C=O) groups excluding carboxylic acids is 2. The van der Waals surface area contributed by atoms with E-state index in [1.165, 1.54) is 11.0 Å². The second-order valence-electron chi connectivity index (χ2n) is 5.54. The molecule has 1 aliphatic heterocycles. The largest absolute Gasteiger partial charge is 0.448 e. The molecule has 2 aromatic rings. The molecular formula is C18H16FNO3. The number of hydrogen-bond acceptors (Lipinski definition) is 3. The average Bonchev–Trinajstić information content (AvgIpc) is 2.56. The molecular weight excluding hydrogens is 297 g/mol. The highest BCUT2D eigenvalue weighted by Gasteiger charge is 2.32. The molecule has 0 N–H and O–H groups in total. The molecule has 23 heavy (non-hydrogen) atoms. The number of esters is 1. The van der Waals surface area contributed by atoms with Gasteiger partial charge in [0.2, 0.25) is 0 Å². The molecule has 1 amide bonds. The Kier molecular flexibility index (Phi) is 4.10. The molecule has 118 valence electrons. The summed E-state index contributed by atoms with van der Waals surface area (Å²) in [6.45, 7) is 0.126. The van der Waals surface area contributed by atoms with Gasteiger partial charge < -0.3 is 9.64 Å². The van der Waals surface area contributed by atoms with Crippen molar-refractivity contribution in [2.45, 2.75) is 19.1 Å². The quantitative estimate of drug-likeness (QED) is 0.818. The number of ether oxygens (including phenoxy) is 1. The first-order valence-electron chi connectivity index (χ1n) is 7.33. The van der Waals surface area contributed by atoms with E-state index < -0.39 is 12.1 Å². The molecule has 1 atom stereocenters. The minimum Gasteiger partial charge on any atom is -0.448 e. The van der Waals surface area contributed by atoms with Crippen molar-refractivity contribution in [2.75, 3.05) is 7.05 Å². The third kappa shape index (κ3) is 3.08. The zero-order chi connectivity index (χ0) is 16.4. The molecule has 0 bridgehead atoms. The Morgan fingerprint density at radius 3 is 2.70 bits per heavy atom. The van der Waals surface area contributed by atoms with Gasteiger partial charge in [0.15, 0.2) is 6.10 Å². The Bertz CT molecular complexity index is 759. The monoisotopic (exact) mass is 313 g/mol. The zero-order valence-corrected chi connectivity index (χ0v) is 12.7. The van der Waals surface area contributed by atoms with Gasteiger partial charge in [-0.15, -0.1) is 0 Å². The average molecular weight is 313 g/mol. The fourth-order valence-corrected chi connectivity index (χ4v) is 2.68. The molecule has 0 radical (unpaired) electrons. The van der Waals surface area contributed by atoms with Crippen LogP contribution in [0.2, 0.25) is 0 Å². The Hall–Kier alpha value is -2.69. The lowest BCUT2D eigenvalue weighted by molar-refractivity contribution is -0.140. The number of halogens is 1. The number of rotatable bonds is 3. The number of amides is 1. The first-order chi connectivity index (χ1) is 11.1. The maximum atomic E-state index is 13.7. The highest BCUT2D eigenvalue weighted by Crippen LogP contribution is 2.22. The standard InChI is InChI=1S/C18H16FNO3/c1-20(11-13-7-3-5-9-15(13)19)17(21)16-10-12-6-2-4-8-14(12)18(22)23-16/h2-9,16H,10-11H2,1H3. The number of nitrogens with zero attached hydrogens (tertiary/aromatic N) is 1. The van der Waals surface area contributed by atoms with Crippen molar-refractivity contribution in [1.29, 1.82) is 0 Å². The van der Waals surface area contributed by atoms with Crippen molar-refractivity contribution in [3.8, 4) is 0 Å². The Morgan fingerprint density at radius 2 is 1.91 bits per heavy atom. The normalized spacial score (nSPS) is 16.4. The number of fused-ring (bicyclic) bond motifs is 1. The van der Waals surface area contributed by atoms with Crippen LogP contribution in [0.1, 0.15) is 21.5 Å². The Labute approximate surface area is 133 Å². The molecule has 1 heterocycles. The second-order valence-corrected chi connectivity index (χ2v) is 5.54. The summed E-state index contributed by atoms with van der Waals surface area (Å²) in [6, 6.07) is 13.4. The van der Waals surface area contributed by atoms with Gasteiger partial charge in [0.1, 0.15) is 5.82 Å². The molecule has 0 spiro atoms. The van der Waals surface area contributed by atoms with Gasteiger partial charge in [0.25, 0.3) is 5.91 Å². The topological polar surface area (TPSA) is 46.6 Å². The predicted octanol–water partition coefficient (Wildman–Crippen LogP) is 2.57. The summed E-state index contributed by atoms with van der Waals surface area (Å²) in [5.74, 6) is -1.20. The van der Waals surface area contributed by atoms with Crippen LogP contribution in [0.25, 0.3) is 0 Å². The van der Waals surface area contributed by atoms with Crippen molar-refractivity contribution >= 4 is 11.9 Å². The van der Waals surface area contributed by atoms with Crippen LogP contribution < -0.4 is 0 Å². The van der Waals surface area contributed by atoms with Crippen LogP contribution in [0.15, 0.2) is 48.5 Å². The number of cyclic esters (lactones) is 1. The summed E-state index contributed by atoms with van der Waals surface area (Å²) in [5, 5.41) is 0. The number of benzene rings is 2. The maximum absolute atomic E-state index is 13.7. The predicted molar refractivity (Wildman–Crippen MR) is 82.2 cm³/mol. The van der Waals surface area contributed by atoms with E-state index in [1.54, 1.807) is 37.4 Å². The first kappa shape index (κ1) is 15.2. The number of likely N-dealkylation sites (N-methyl/N-ethyl adjacent to an activating group) is 1. The van der Waals surface area contributed by atoms with E-state index in [9.17, 15) is 14.0 Å². The van der Waals surface area contributed by atoms with Crippen LogP contribution >= 0.6 is 0 Å². The highest BCUT2D eigenvalue weighted by atomic mass is 19.1. The molecule has 0 aromatic heterocycles. The minimum atomic E-state index is -0.867. The second kappa shape index (κ2) is 6.20. The van der Waals surface area contributed by atoms with Gasteiger partial charge in [-0.3, -0.25) is 4.79 Å². The summed E-state index contributed by atoms with van der Waals surface area (Å²) in [6.07, 6.45) is -0.531. The smallest absolute Gasteiger partial charge is 0.339 e. The Morgan fingerprint density at radius 1 is 1.22 bits per heavy atom. The van der Waals surface area contributed by atoms with Crippen LogP contribution in [0, 0.1) is 5.82 Å². The minimum absolute atomic E-state index is 0.126. The lowest BCUT2D eigenvalue weighted by Crippen LogP contribution is -2.42. The summed E-state index contributed by atoms with van der Waals surface area (Å²) in [5.41, 5.74) is 1.71. The van der Waals surface area contributed by atoms with Gasteiger partial charge >= 0.3 is 5.97 Å². The van der Waals surface area contributed by atoms with Gasteiger partial charge in [-0.05, 0) is 17.7 Å². The van der Waals surface area contributed by atoms with Crippen LogP contribution in [-0.2, 0) is 22.5 Å². The number of carbonyl (C=O) groups is 2. The third-order valence-corrected chi connectivity index (χ3v) is 3.91. The highest BCUT2D eigenvalue weighted by molar-refractivity contribution is 5.95. The van der Waals surface area contributed by atoms with Gasteiger partial charge in [0.05, 0.1) is 5.56 Å². The van der Waals surface area contributed by atoms with Crippen LogP contribution in [0.5, 0.6) is 0 Å². The fraction of sp³-hybridized carbons (Fsp3) is 0.222. The molecule has 1 unspecified atom stereocenters. The van der Waals surface area contributed by atoms with Crippen molar-refractivity contribution in [3.05, 3.63) is 71.0 Å². The van der Waals surface area contributed by atoms with Crippen molar-refractivity contribution in [3.63, 3.8) is 0 Å². The summed E-state index contributed by atoms with van der Waals surface area (Å²) >= 11 is 0. The van der Waals surface area contributed by atoms with Crippen LogP contribution in [-0.4, -0.2) is 29.9 Å². The Balaban J connectivity index is 1.74. The summed E-state index contributed by atoms with van der Waals surface area (Å²) in [7, 11) is 1.57. The molecule has 0 fully saturated rings. The first-order valence-corrected chi connectivity index (χ1v) is 7.33. The maximum Gasteiger partial charge on any atom is 0.339 e. The van der Waals surface area contributed by atoms with E-state index in [0.717, 1.165) is 5.56 Å². The van der Waals surface area contributed by atoms with Crippen LogP contribution in [0.3, 0.4) is 0 Å². The van der Waals surface area contributed by atoms with Gasteiger partial charge in [-0.2, -0.15) is 0 Å². The lowest BCUT2D eigenvalue weighted by Gasteiger charge is -2.27. The van der Waals surface area contributed by atoms with Crippen molar-refractivity contribution in [2.24, 2.45) is 0 Å². The van der Waals surface area contributed by atoms with E-state index >= 15 is 0 Å². The molecule has 1 aliphatic rings. The van der Waals surface area contributed by atoms with Crippen molar-refractivity contribution < 1.29 is 18.7 Å². The zero-order valence-electron chi connectivity index (χ0n) is 12.7. The molecule has 5 heteroatoms. The lowest BCUT2D eigenvalue weighted by atomic mass is 9.98. The SMILES string of the molecule is CN(Cc1ccccc1F)C(=O)C1Cc2ccccc2C(=O)O1. The van der Waals surface area contributed by atoms with Gasteiger partial charge in [0, 0.05) is 25.6 Å². The molecule has 3 rings (SSSR count). The van der Waals surface area contributed by atoms with Gasteiger partial charge in [-0.25, -0.2) is 9.18 Å². The van der Waals surface area contributed by atoms with E-state index in [4.69, 9.17) is 4.74 Å². The molecule has 0 saturated heterocycles. The van der Waals surface area contributed by atoms with E-state index in [0.29, 0.717) is 17.5 Å².